The van der Waals surface area contributed by atoms with Crippen molar-refractivity contribution in [2.24, 2.45) is 19.8 Å². The molecule has 5 N–H and O–H groups in total. The van der Waals surface area contributed by atoms with E-state index < -0.39 is 11.7 Å². The van der Waals surface area contributed by atoms with E-state index in [1.807, 2.05) is 40.0 Å². The molecule has 0 bridgehead atoms. The van der Waals surface area contributed by atoms with Crippen molar-refractivity contribution >= 4 is 42.0 Å². The van der Waals surface area contributed by atoms with Gasteiger partial charge in [0.15, 0.2) is 23.3 Å². The fourth-order valence-corrected chi connectivity index (χ4v) is 7.19. The molecule has 2 aromatic carbocycles. The second-order valence-electron chi connectivity index (χ2n) is 15.6. The van der Waals surface area contributed by atoms with Crippen LogP contribution in [0.4, 0.5) is 37.1 Å². The zero-order chi connectivity index (χ0) is 41.7. The van der Waals surface area contributed by atoms with Crippen LogP contribution >= 0.6 is 12.4 Å². The Morgan fingerprint density at radius 2 is 1.23 bits per heavy atom. The molecule has 0 fully saturated rings. The third kappa shape index (κ3) is 10.5. The zero-order valence-corrected chi connectivity index (χ0v) is 34.9. The van der Waals surface area contributed by atoms with E-state index in [1.165, 1.54) is 12.7 Å². The van der Waals surface area contributed by atoms with Crippen molar-refractivity contribution in [1.29, 1.82) is 0 Å². The maximum Gasteiger partial charge on any atom is 0.408 e. The second-order valence-corrected chi connectivity index (χ2v) is 15.6. The molecule has 1 amide bonds. The van der Waals surface area contributed by atoms with Crippen molar-refractivity contribution < 1.29 is 18.3 Å². The van der Waals surface area contributed by atoms with Gasteiger partial charge in [-0.25, -0.2) is 33.5 Å². The van der Waals surface area contributed by atoms with Gasteiger partial charge < -0.3 is 26.4 Å². The van der Waals surface area contributed by atoms with Gasteiger partial charge in [0.2, 0.25) is 11.9 Å². The highest BCUT2D eigenvalue weighted by Crippen LogP contribution is 2.35. The number of halogens is 3. The lowest BCUT2D eigenvalue weighted by Crippen LogP contribution is -2.35. The molecule has 2 atom stereocenters. The maximum absolute atomic E-state index is 15.7. The summed E-state index contributed by atoms with van der Waals surface area (Å²) in [6, 6.07) is 10.3. The van der Waals surface area contributed by atoms with Crippen molar-refractivity contribution in [3.8, 4) is 22.8 Å². The van der Waals surface area contributed by atoms with Gasteiger partial charge in [-0.2, -0.15) is 20.2 Å². The summed E-state index contributed by atoms with van der Waals surface area (Å²) in [4.78, 5) is 37.6. The number of aryl methyl sites for hydroxylation is 2. The number of hydrogen-bond donors (Lipinski definition) is 4. The van der Waals surface area contributed by atoms with Gasteiger partial charge in [-0.3, -0.25) is 9.36 Å². The van der Waals surface area contributed by atoms with Crippen LogP contribution in [0.25, 0.3) is 22.8 Å². The molecule has 0 unspecified atom stereocenters. The van der Waals surface area contributed by atoms with Crippen molar-refractivity contribution in [1.82, 2.24) is 54.8 Å². The molecule has 2 aliphatic carbocycles. The summed E-state index contributed by atoms with van der Waals surface area (Å²) in [5, 5.41) is 17.4. The van der Waals surface area contributed by atoms with E-state index >= 15 is 8.78 Å². The van der Waals surface area contributed by atoms with Crippen LogP contribution in [-0.2, 0) is 31.7 Å². The first-order chi connectivity index (χ1) is 28.3. The summed E-state index contributed by atoms with van der Waals surface area (Å²) in [5.41, 5.74) is 9.16. The summed E-state index contributed by atoms with van der Waals surface area (Å²) < 4.78 is 39.6. The van der Waals surface area contributed by atoms with Crippen LogP contribution in [0.3, 0.4) is 0 Å². The number of anilines is 4. The lowest BCUT2D eigenvalue weighted by atomic mass is 9.95. The van der Waals surface area contributed by atoms with Gasteiger partial charge >= 0.3 is 6.09 Å². The second kappa shape index (κ2) is 18.8. The molecule has 0 saturated heterocycles. The Morgan fingerprint density at radius 3 is 1.73 bits per heavy atom. The van der Waals surface area contributed by atoms with E-state index in [-0.39, 0.29) is 59.3 Å². The standard InChI is InChI=1S/C23H28FN7O2.C18H20FN7.ClH/c1-23(2,3)33-22(32)27-17-8-6-5-7-15-14(17)9-10-16(19(15)24)20-25-13-26-21(29-20)28-18-11-12-31(4)30-18;1-26-9-8-15(25-26)23-18-22-10-21-17(24-18)13-7-6-11-12(16(13)19)4-2-3-5-14(11)20;/h9-13,17H,5-8H2,1-4H3,(H,27,32)(H,25,26,28,29,30);6-10,14H,2-5,20H2,1H3,(H,21,22,23,24,25);1H/t17-;14-;/m11./s1. The first kappa shape index (κ1) is 43.4. The molecule has 2 aliphatic rings. The first-order valence-corrected chi connectivity index (χ1v) is 19.6. The van der Waals surface area contributed by atoms with Gasteiger partial charge in [0, 0.05) is 44.7 Å². The summed E-state index contributed by atoms with van der Waals surface area (Å²) >= 11 is 0. The number of amides is 1. The number of nitrogens with one attached hydrogen (secondary N) is 3. The topological polar surface area (TPSA) is 201 Å². The van der Waals surface area contributed by atoms with Crippen molar-refractivity contribution in [2.45, 2.75) is 89.8 Å². The molecular formula is C41H49ClF2N14O2. The number of fused-ring (bicyclic) bond motifs is 2. The van der Waals surface area contributed by atoms with Crippen LogP contribution in [0.5, 0.6) is 0 Å². The third-order valence-corrected chi connectivity index (χ3v) is 9.92. The molecule has 0 radical (unpaired) electrons. The molecule has 0 aliphatic heterocycles. The van der Waals surface area contributed by atoms with Gasteiger partial charge in [0.25, 0.3) is 0 Å². The molecule has 6 aromatic rings. The largest absolute Gasteiger partial charge is 0.444 e. The Morgan fingerprint density at radius 1 is 0.733 bits per heavy atom. The highest BCUT2D eigenvalue weighted by molar-refractivity contribution is 5.85. The molecule has 8 rings (SSSR count). The zero-order valence-electron chi connectivity index (χ0n) is 34.1. The summed E-state index contributed by atoms with van der Waals surface area (Å²) in [6.07, 6.45) is 12.3. The van der Waals surface area contributed by atoms with Gasteiger partial charge in [0.05, 0.1) is 17.2 Å². The van der Waals surface area contributed by atoms with Crippen molar-refractivity contribution in [3.05, 3.63) is 95.3 Å². The Balaban J connectivity index is 0.000000203. The summed E-state index contributed by atoms with van der Waals surface area (Å²) in [6.45, 7) is 5.43. The summed E-state index contributed by atoms with van der Waals surface area (Å²) in [5.74, 6) is 1.64. The van der Waals surface area contributed by atoms with Gasteiger partial charge in [0.1, 0.15) is 29.9 Å². The first-order valence-electron chi connectivity index (χ1n) is 19.6. The van der Waals surface area contributed by atoms with Gasteiger partial charge in [-0.15, -0.1) is 12.4 Å². The molecule has 0 spiro atoms. The average molecular weight is 843 g/mol. The van der Waals surface area contributed by atoms with E-state index in [0.29, 0.717) is 47.1 Å². The van der Waals surface area contributed by atoms with E-state index in [1.54, 1.807) is 53.1 Å². The fraction of sp³-hybridized carbons (Fsp3) is 0.390. The molecule has 4 heterocycles. The predicted molar refractivity (Wildman–Crippen MR) is 225 cm³/mol. The van der Waals surface area contributed by atoms with Crippen LogP contribution in [0, 0.1) is 11.6 Å². The van der Waals surface area contributed by atoms with Crippen molar-refractivity contribution in [2.75, 3.05) is 10.6 Å². The van der Waals surface area contributed by atoms with E-state index in [9.17, 15) is 4.79 Å². The van der Waals surface area contributed by atoms with Crippen LogP contribution in [0.2, 0.25) is 0 Å². The van der Waals surface area contributed by atoms with Gasteiger partial charge in [-0.1, -0.05) is 25.0 Å². The van der Waals surface area contributed by atoms with Crippen LogP contribution in [0.1, 0.15) is 93.6 Å². The van der Waals surface area contributed by atoms with Crippen LogP contribution in [-0.4, -0.2) is 61.2 Å². The number of rotatable bonds is 7. The lowest BCUT2D eigenvalue weighted by molar-refractivity contribution is 0.0500. The molecule has 19 heteroatoms. The third-order valence-electron chi connectivity index (χ3n) is 9.92. The monoisotopic (exact) mass is 842 g/mol. The number of benzene rings is 2. The smallest absolute Gasteiger partial charge is 0.408 e. The minimum atomic E-state index is -0.605. The van der Waals surface area contributed by atoms with E-state index in [2.05, 4.69) is 56.1 Å². The normalized spacial score (nSPS) is 16.1. The SMILES string of the molecule is Cl.Cn1ccc(Nc2ncnc(-c3ccc4c(c3F)CCCC[C@H]4N)n2)n1.Cn1ccc(Nc2ncnc(-c3ccc4c(c3F)CCCC[C@H]4NC(=O)OC(C)(C)C)n2)n1. The number of ether oxygens (including phenoxy) is 1. The van der Waals surface area contributed by atoms with Crippen molar-refractivity contribution in [3.63, 3.8) is 0 Å². The Labute approximate surface area is 352 Å². The predicted octanol–water partition coefficient (Wildman–Crippen LogP) is 7.75. The number of nitrogens with zero attached hydrogens (tertiary/aromatic N) is 10. The molecule has 16 nitrogen and oxygen atoms in total. The number of carbonyl (C=O) groups is 1. The minimum Gasteiger partial charge on any atom is -0.444 e. The maximum atomic E-state index is 15.7. The Bertz CT molecular complexity index is 2430. The number of alkyl carbamates (subject to hydrolysis) is 1. The minimum absolute atomic E-state index is 0. The molecule has 60 heavy (non-hydrogen) atoms. The Kier molecular flexibility index (Phi) is 13.6. The quantitative estimate of drug-likeness (QED) is 0.114. The molecular weight excluding hydrogens is 794 g/mol. The fourth-order valence-electron chi connectivity index (χ4n) is 7.19. The molecule has 0 saturated carbocycles. The lowest BCUT2D eigenvalue weighted by Gasteiger charge is -2.24. The van der Waals surface area contributed by atoms with Gasteiger partial charge in [-0.05, 0) is 93.7 Å². The van der Waals surface area contributed by atoms with E-state index in [0.717, 1.165) is 49.7 Å². The molecule has 316 valence electrons. The van der Waals surface area contributed by atoms with E-state index in [4.69, 9.17) is 10.5 Å². The van der Waals surface area contributed by atoms with Crippen LogP contribution in [0.15, 0.2) is 61.4 Å². The number of hydrogen-bond acceptors (Lipinski definition) is 13. The Hall–Kier alpha value is -6.14. The average Bonchev–Trinajstić information content (AvgIpc) is 3.66. The summed E-state index contributed by atoms with van der Waals surface area (Å²) in [7, 11) is 3.62. The number of nitrogens with two attached hydrogens (primary N) is 1. The molecule has 4 aromatic heterocycles. The highest BCUT2D eigenvalue weighted by Gasteiger charge is 2.27. The van der Waals surface area contributed by atoms with Crippen LogP contribution < -0.4 is 21.7 Å². The highest BCUT2D eigenvalue weighted by atomic mass is 35.5. The number of aromatic nitrogens is 10. The number of carbonyl (C=O) groups excluding carboxylic acids is 1.